The van der Waals surface area contributed by atoms with Crippen molar-refractivity contribution in [1.82, 2.24) is 10.6 Å². The van der Waals surface area contributed by atoms with E-state index >= 15 is 0 Å². The first-order valence-corrected chi connectivity index (χ1v) is 6.93. The van der Waals surface area contributed by atoms with Crippen molar-refractivity contribution in [3.05, 3.63) is 29.3 Å². The van der Waals surface area contributed by atoms with E-state index in [-0.39, 0.29) is 11.9 Å². The number of nitrogens with one attached hydrogen (secondary N) is 2. The molecule has 0 aromatic heterocycles. The van der Waals surface area contributed by atoms with Gasteiger partial charge in [-0.15, -0.1) is 0 Å². The molecule has 5 heteroatoms. The second-order valence-electron chi connectivity index (χ2n) is 4.94. The topological polar surface area (TPSA) is 68.2 Å². The predicted molar refractivity (Wildman–Crippen MR) is 78.6 cm³/mol. The lowest BCUT2D eigenvalue weighted by Crippen LogP contribution is -2.58. The van der Waals surface area contributed by atoms with Crippen LogP contribution in [0, 0.1) is 18.3 Å². The molecule has 1 aromatic carbocycles. The maximum atomic E-state index is 12.2. The van der Waals surface area contributed by atoms with Crippen LogP contribution in [-0.4, -0.2) is 38.1 Å². The van der Waals surface area contributed by atoms with E-state index in [1.165, 1.54) is 0 Å². The van der Waals surface area contributed by atoms with Crippen molar-refractivity contribution in [2.75, 3.05) is 31.1 Å². The lowest BCUT2D eigenvalue weighted by molar-refractivity contribution is -0.122. The number of nitriles is 1. The Bertz CT molecular complexity index is 535. The van der Waals surface area contributed by atoms with Gasteiger partial charge in [0.25, 0.3) is 0 Å². The average molecular weight is 272 g/mol. The molecule has 0 saturated carbocycles. The molecule has 0 aliphatic carbocycles. The zero-order chi connectivity index (χ0) is 14.5. The molecule has 1 amide bonds. The number of carbonyl (C=O) groups is 1. The van der Waals surface area contributed by atoms with Crippen LogP contribution in [0.25, 0.3) is 0 Å². The minimum absolute atomic E-state index is 0.00386. The largest absolute Gasteiger partial charge is 0.356 e. The van der Waals surface area contributed by atoms with Gasteiger partial charge in [-0.2, -0.15) is 5.26 Å². The Kier molecular flexibility index (Phi) is 4.59. The maximum absolute atomic E-state index is 12.2. The van der Waals surface area contributed by atoms with Gasteiger partial charge < -0.3 is 15.5 Å². The molecule has 0 radical (unpaired) electrons. The molecule has 5 nitrogen and oxygen atoms in total. The summed E-state index contributed by atoms with van der Waals surface area (Å²) in [5.41, 5.74) is 2.52. The van der Waals surface area contributed by atoms with Gasteiger partial charge in [0, 0.05) is 26.2 Å². The summed E-state index contributed by atoms with van der Waals surface area (Å²) < 4.78 is 0. The van der Waals surface area contributed by atoms with Gasteiger partial charge in [0.2, 0.25) is 5.91 Å². The number of carbonyl (C=O) groups excluding carboxylic acids is 1. The number of amides is 1. The molecule has 1 heterocycles. The summed E-state index contributed by atoms with van der Waals surface area (Å²) >= 11 is 0. The summed E-state index contributed by atoms with van der Waals surface area (Å²) in [4.78, 5) is 14.2. The van der Waals surface area contributed by atoms with Crippen molar-refractivity contribution in [3.8, 4) is 6.07 Å². The Morgan fingerprint density at radius 3 is 3.10 bits per heavy atom. The predicted octanol–water partition coefficient (Wildman–Crippen LogP) is 0.781. The molecule has 0 spiro atoms. The van der Waals surface area contributed by atoms with E-state index in [0.29, 0.717) is 18.7 Å². The minimum Gasteiger partial charge on any atom is -0.356 e. The van der Waals surface area contributed by atoms with E-state index in [1.54, 1.807) is 0 Å². The molecule has 1 aromatic rings. The van der Waals surface area contributed by atoms with Gasteiger partial charge >= 0.3 is 0 Å². The fourth-order valence-electron chi connectivity index (χ4n) is 2.51. The number of aryl methyl sites for hydroxylation is 1. The van der Waals surface area contributed by atoms with Crippen LogP contribution in [0.3, 0.4) is 0 Å². The first kappa shape index (κ1) is 14.4. The molecule has 2 N–H and O–H groups in total. The second kappa shape index (κ2) is 6.40. The number of piperazine rings is 1. The monoisotopic (exact) mass is 272 g/mol. The molecule has 1 unspecified atom stereocenters. The molecular formula is C15H20N4O. The van der Waals surface area contributed by atoms with Gasteiger partial charge in [0.15, 0.2) is 0 Å². The third kappa shape index (κ3) is 2.91. The van der Waals surface area contributed by atoms with Crippen molar-refractivity contribution >= 4 is 11.6 Å². The minimum atomic E-state index is -0.265. The van der Waals surface area contributed by atoms with Gasteiger partial charge in [-0.05, 0) is 31.5 Å². The molecule has 20 heavy (non-hydrogen) atoms. The first-order valence-electron chi connectivity index (χ1n) is 6.93. The number of anilines is 1. The van der Waals surface area contributed by atoms with Crippen LogP contribution in [0.15, 0.2) is 18.2 Å². The molecule has 0 bridgehead atoms. The SMILES string of the molecule is CCNC(=O)C1CNCCN1c1ccc(C)cc1C#N. The molecule has 1 atom stereocenters. The van der Waals surface area contributed by atoms with Gasteiger partial charge in [0.1, 0.15) is 12.1 Å². The van der Waals surface area contributed by atoms with E-state index in [0.717, 1.165) is 24.3 Å². The van der Waals surface area contributed by atoms with Crippen LogP contribution < -0.4 is 15.5 Å². The normalized spacial score (nSPS) is 18.4. The lowest BCUT2D eigenvalue weighted by Gasteiger charge is -2.37. The standard InChI is InChI=1S/C15H20N4O/c1-3-18-15(20)14-10-17-6-7-19(14)13-5-4-11(2)8-12(13)9-16/h4-5,8,14,17H,3,6-7,10H2,1-2H3,(H,18,20). The van der Waals surface area contributed by atoms with Crippen LogP contribution in [0.4, 0.5) is 5.69 Å². The zero-order valence-electron chi connectivity index (χ0n) is 11.9. The smallest absolute Gasteiger partial charge is 0.244 e. The van der Waals surface area contributed by atoms with E-state index in [4.69, 9.17) is 0 Å². The van der Waals surface area contributed by atoms with Crippen LogP contribution in [0.1, 0.15) is 18.1 Å². The average Bonchev–Trinajstić information content (AvgIpc) is 2.47. The number of hydrogen-bond acceptors (Lipinski definition) is 4. The van der Waals surface area contributed by atoms with Crippen molar-refractivity contribution in [1.29, 1.82) is 5.26 Å². The summed E-state index contributed by atoms with van der Waals surface area (Å²) in [6, 6.07) is 7.75. The van der Waals surface area contributed by atoms with Crippen molar-refractivity contribution in [3.63, 3.8) is 0 Å². The zero-order valence-corrected chi connectivity index (χ0v) is 11.9. The molecule has 1 aliphatic heterocycles. The Balaban J connectivity index is 2.33. The van der Waals surface area contributed by atoms with Gasteiger partial charge in [-0.25, -0.2) is 0 Å². The third-order valence-electron chi connectivity index (χ3n) is 3.48. The molecule has 1 fully saturated rings. The van der Waals surface area contributed by atoms with Crippen molar-refractivity contribution < 1.29 is 4.79 Å². The van der Waals surface area contributed by atoms with Crippen LogP contribution in [0.5, 0.6) is 0 Å². The van der Waals surface area contributed by atoms with Crippen LogP contribution in [-0.2, 0) is 4.79 Å². The summed E-state index contributed by atoms with van der Waals surface area (Å²) in [6.07, 6.45) is 0. The van der Waals surface area contributed by atoms with Gasteiger partial charge in [-0.1, -0.05) is 6.07 Å². The number of hydrogen-bond donors (Lipinski definition) is 2. The van der Waals surface area contributed by atoms with Gasteiger partial charge in [-0.3, -0.25) is 4.79 Å². The maximum Gasteiger partial charge on any atom is 0.244 e. The molecule has 1 aliphatic rings. The quantitative estimate of drug-likeness (QED) is 0.853. The van der Waals surface area contributed by atoms with E-state index in [9.17, 15) is 10.1 Å². The van der Waals surface area contributed by atoms with E-state index in [2.05, 4.69) is 16.7 Å². The highest BCUT2D eigenvalue weighted by molar-refractivity contribution is 5.86. The highest BCUT2D eigenvalue weighted by atomic mass is 16.2. The van der Waals surface area contributed by atoms with Crippen LogP contribution >= 0.6 is 0 Å². The summed E-state index contributed by atoms with van der Waals surface area (Å²) in [5, 5.41) is 15.4. The fraction of sp³-hybridized carbons (Fsp3) is 0.467. The van der Waals surface area contributed by atoms with E-state index in [1.807, 2.05) is 36.9 Å². The van der Waals surface area contributed by atoms with E-state index < -0.39 is 0 Å². The molecule has 2 rings (SSSR count). The highest BCUT2D eigenvalue weighted by Gasteiger charge is 2.29. The first-order chi connectivity index (χ1) is 9.67. The van der Waals surface area contributed by atoms with Crippen LogP contribution in [0.2, 0.25) is 0 Å². The summed E-state index contributed by atoms with van der Waals surface area (Å²) in [6.45, 7) is 6.62. The number of rotatable bonds is 3. The highest BCUT2D eigenvalue weighted by Crippen LogP contribution is 2.24. The summed E-state index contributed by atoms with van der Waals surface area (Å²) in [5.74, 6) is 0.00386. The van der Waals surface area contributed by atoms with Gasteiger partial charge in [0.05, 0.1) is 11.3 Å². The number of likely N-dealkylation sites (N-methyl/N-ethyl adjacent to an activating group) is 1. The second-order valence-corrected chi connectivity index (χ2v) is 4.94. The Morgan fingerprint density at radius 2 is 2.40 bits per heavy atom. The molecular weight excluding hydrogens is 252 g/mol. The fourth-order valence-corrected chi connectivity index (χ4v) is 2.51. The Morgan fingerprint density at radius 1 is 1.60 bits per heavy atom. The molecule has 106 valence electrons. The van der Waals surface area contributed by atoms with Crippen molar-refractivity contribution in [2.45, 2.75) is 19.9 Å². The van der Waals surface area contributed by atoms with Crippen molar-refractivity contribution in [2.24, 2.45) is 0 Å². The number of benzene rings is 1. The number of nitrogens with zero attached hydrogens (tertiary/aromatic N) is 2. The third-order valence-corrected chi connectivity index (χ3v) is 3.48. The Hall–Kier alpha value is -2.06. The summed E-state index contributed by atoms with van der Waals surface area (Å²) in [7, 11) is 0. The Labute approximate surface area is 119 Å². The lowest BCUT2D eigenvalue weighted by atomic mass is 10.1. The molecule has 1 saturated heterocycles.